The molecule has 0 bridgehead atoms. The third-order valence-electron chi connectivity index (χ3n) is 3.67. The molecule has 2 N–H and O–H groups in total. The molecule has 1 aromatic heterocycles. The molecule has 0 aromatic carbocycles. The molecule has 1 fully saturated rings. The van der Waals surface area contributed by atoms with Gasteiger partial charge in [-0.2, -0.15) is 0 Å². The molecule has 2 heterocycles. The van der Waals surface area contributed by atoms with Gasteiger partial charge in [0.05, 0.1) is 26.2 Å². The van der Waals surface area contributed by atoms with Crippen LogP contribution in [0.3, 0.4) is 0 Å². The van der Waals surface area contributed by atoms with Gasteiger partial charge >= 0.3 is 6.03 Å². The summed E-state index contributed by atoms with van der Waals surface area (Å²) in [7, 11) is 3.97. The van der Waals surface area contributed by atoms with Crippen LogP contribution in [-0.2, 0) is 18.4 Å². The fourth-order valence-electron chi connectivity index (χ4n) is 2.39. The number of carbonyl (C=O) groups excluding carboxylic acids is 2. The average molecular weight is 320 g/mol. The molecule has 23 heavy (non-hydrogen) atoms. The second-order valence-corrected chi connectivity index (χ2v) is 5.41. The molecular weight excluding hydrogens is 296 g/mol. The number of aryl methyl sites for hydroxylation is 1. The highest BCUT2D eigenvalue weighted by Gasteiger charge is 2.27. The largest absolute Gasteiger partial charge is 0.357 e. The van der Waals surface area contributed by atoms with Gasteiger partial charge in [0.1, 0.15) is 0 Å². The minimum atomic E-state index is -0.340. The number of amides is 3. The van der Waals surface area contributed by atoms with Gasteiger partial charge in [-0.05, 0) is 19.1 Å². The average Bonchev–Trinajstić information content (AvgIpc) is 3.06. The molecule has 1 aliphatic rings. The van der Waals surface area contributed by atoms with Crippen LogP contribution in [0.25, 0.3) is 0 Å². The van der Waals surface area contributed by atoms with Crippen LogP contribution >= 0.6 is 0 Å². The molecule has 1 aromatic rings. The second-order valence-electron chi connectivity index (χ2n) is 5.41. The minimum absolute atomic E-state index is 0.0794. The molecule has 2 rings (SSSR count). The standard InChI is InChI=1S/C15H24N6O2/c1-4-16-14(20(3)11-12-6-5-8-19(12)2)17-7-9-21-13(22)10-18-15(21)23/h5-6,8H,4,7,9-11H2,1-3H3,(H,16,17)(H,18,23). The summed E-state index contributed by atoms with van der Waals surface area (Å²) in [5, 5.41) is 5.73. The van der Waals surface area contributed by atoms with Crippen LogP contribution in [0.1, 0.15) is 12.6 Å². The lowest BCUT2D eigenvalue weighted by molar-refractivity contribution is -0.124. The molecule has 0 aliphatic carbocycles. The Morgan fingerprint density at radius 1 is 1.48 bits per heavy atom. The predicted octanol–water partition coefficient (Wildman–Crippen LogP) is -0.0258. The Kier molecular flexibility index (Phi) is 5.61. The molecule has 8 nitrogen and oxygen atoms in total. The monoisotopic (exact) mass is 320 g/mol. The van der Waals surface area contributed by atoms with Crippen molar-refractivity contribution in [3.05, 3.63) is 24.0 Å². The molecule has 0 unspecified atom stereocenters. The van der Waals surface area contributed by atoms with Gasteiger partial charge in [0, 0.05) is 32.5 Å². The van der Waals surface area contributed by atoms with Crippen LogP contribution in [-0.4, -0.2) is 65.5 Å². The molecule has 0 radical (unpaired) electrons. The van der Waals surface area contributed by atoms with Crippen molar-refractivity contribution in [2.24, 2.45) is 12.0 Å². The van der Waals surface area contributed by atoms with Gasteiger partial charge in [0.2, 0.25) is 5.91 Å². The first kappa shape index (κ1) is 16.9. The van der Waals surface area contributed by atoms with Gasteiger partial charge in [-0.15, -0.1) is 0 Å². The molecule has 8 heteroatoms. The van der Waals surface area contributed by atoms with Crippen molar-refractivity contribution in [2.45, 2.75) is 13.5 Å². The van der Waals surface area contributed by atoms with Crippen molar-refractivity contribution < 1.29 is 9.59 Å². The molecule has 1 aliphatic heterocycles. The van der Waals surface area contributed by atoms with Crippen LogP contribution in [0.5, 0.6) is 0 Å². The minimum Gasteiger partial charge on any atom is -0.357 e. The van der Waals surface area contributed by atoms with E-state index >= 15 is 0 Å². The van der Waals surface area contributed by atoms with E-state index in [1.807, 2.05) is 38.2 Å². The fraction of sp³-hybridized carbons (Fsp3) is 0.533. The zero-order valence-corrected chi connectivity index (χ0v) is 13.9. The Morgan fingerprint density at radius 3 is 2.83 bits per heavy atom. The number of rotatable bonds is 6. The van der Waals surface area contributed by atoms with E-state index in [0.717, 1.165) is 19.0 Å². The number of aliphatic imine (C=N–C) groups is 1. The lowest BCUT2D eigenvalue weighted by Crippen LogP contribution is -2.40. The first-order valence-corrected chi connectivity index (χ1v) is 7.70. The van der Waals surface area contributed by atoms with Crippen molar-refractivity contribution in [3.8, 4) is 0 Å². The molecule has 3 amide bonds. The van der Waals surface area contributed by atoms with E-state index in [1.54, 1.807) is 0 Å². The number of hydrogen-bond acceptors (Lipinski definition) is 3. The van der Waals surface area contributed by atoms with Crippen molar-refractivity contribution >= 4 is 17.9 Å². The number of hydrogen-bond donors (Lipinski definition) is 2. The quantitative estimate of drug-likeness (QED) is 0.438. The first-order chi connectivity index (χ1) is 11.0. The summed E-state index contributed by atoms with van der Waals surface area (Å²) < 4.78 is 2.06. The van der Waals surface area contributed by atoms with E-state index < -0.39 is 0 Å². The smallest absolute Gasteiger partial charge is 0.324 e. The number of aromatic nitrogens is 1. The summed E-state index contributed by atoms with van der Waals surface area (Å²) >= 11 is 0. The summed E-state index contributed by atoms with van der Waals surface area (Å²) in [5.41, 5.74) is 1.17. The summed E-state index contributed by atoms with van der Waals surface area (Å²) in [4.78, 5) is 30.7. The lowest BCUT2D eigenvalue weighted by atomic mass is 10.4. The van der Waals surface area contributed by atoms with Crippen LogP contribution in [0.2, 0.25) is 0 Å². The van der Waals surface area contributed by atoms with E-state index in [1.165, 1.54) is 10.6 Å². The van der Waals surface area contributed by atoms with Gasteiger partial charge in [-0.3, -0.25) is 14.7 Å². The normalized spacial score (nSPS) is 15.1. The molecule has 1 saturated heterocycles. The Balaban J connectivity index is 1.95. The van der Waals surface area contributed by atoms with Crippen LogP contribution in [0.4, 0.5) is 4.79 Å². The molecule has 126 valence electrons. The Morgan fingerprint density at radius 2 is 2.26 bits per heavy atom. The number of nitrogens with zero attached hydrogens (tertiary/aromatic N) is 4. The fourth-order valence-corrected chi connectivity index (χ4v) is 2.39. The molecular formula is C15H24N6O2. The highest BCUT2D eigenvalue weighted by atomic mass is 16.2. The highest BCUT2D eigenvalue weighted by molar-refractivity contribution is 6.01. The van der Waals surface area contributed by atoms with Crippen molar-refractivity contribution in [1.82, 2.24) is 25.0 Å². The summed E-state index contributed by atoms with van der Waals surface area (Å²) in [6.07, 6.45) is 2.00. The van der Waals surface area contributed by atoms with Crippen molar-refractivity contribution in [1.29, 1.82) is 0 Å². The van der Waals surface area contributed by atoms with E-state index in [9.17, 15) is 9.59 Å². The van der Waals surface area contributed by atoms with Crippen molar-refractivity contribution in [3.63, 3.8) is 0 Å². The lowest BCUT2D eigenvalue weighted by Gasteiger charge is -2.22. The van der Waals surface area contributed by atoms with Gasteiger partial charge in [0.25, 0.3) is 0 Å². The van der Waals surface area contributed by atoms with Gasteiger partial charge in [-0.25, -0.2) is 4.79 Å². The highest BCUT2D eigenvalue weighted by Crippen LogP contribution is 2.04. The van der Waals surface area contributed by atoms with Crippen LogP contribution in [0.15, 0.2) is 23.3 Å². The number of urea groups is 1. The number of guanidine groups is 1. The first-order valence-electron chi connectivity index (χ1n) is 7.70. The summed E-state index contributed by atoms with van der Waals surface area (Å²) in [6, 6.07) is 3.73. The number of imide groups is 1. The summed E-state index contributed by atoms with van der Waals surface area (Å²) in [5.74, 6) is 0.549. The van der Waals surface area contributed by atoms with E-state index in [2.05, 4.69) is 26.3 Å². The Bertz CT molecular complexity index is 579. The van der Waals surface area contributed by atoms with Gasteiger partial charge in [0.15, 0.2) is 5.96 Å². The Hall–Kier alpha value is -2.51. The predicted molar refractivity (Wildman–Crippen MR) is 88.0 cm³/mol. The van der Waals surface area contributed by atoms with Gasteiger partial charge in [-0.1, -0.05) is 0 Å². The molecule has 0 saturated carbocycles. The zero-order chi connectivity index (χ0) is 16.8. The van der Waals surface area contributed by atoms with E-state index in [-0.39, 0.29) is 25.0 Å². The van der Waals surface area contributed by atoms with Crippen LogP contribution in [0, 0.1) is 0 Å². The maximum Gasteiger partial charge on any atom is 0.324 e. The summed E-state index contributed by atoms with van der Waals surface area (Å²) in [6.45, 7) is 4.22. The van der Waals surface area contributed by atoms with E-state index in [4.69, 9.17) is 0 Å². The van der Waals surface area contributed by atoms with Crippen LogP contribution < -0.4 is 10.6 Å². The third kappa shape index (κ3) is 4.24. The molecule has 0 atom stereocenters. The molecule has 0 spiro atoms. The second kappa shape index (κ2) is 7.66. The number of nitrogens with one attached hydrogen (secondary N) is 2. The zero-order valence-electron chi connectivity index (χ0n) is 13.9. The topological polar surface area (TPSA) is 82.0 Å². The SMILES string of the molecule is CCNC(=NCCN1C(=O)CNC1=O)N(C)Cc1cccn1C. The maximum atomic E-state index is 11.5. The van der Waals surface area contributed by atoms with Crippen molar-refractivity contribution in [2.75, 3.05) is 33.2 Å². The van der Waals surface area contributed by atoms with E-state index in [0.29, 0.717) is 6.54 Å². The number of carbonyl (C=O) groups is 2. The maximum absolute atomic E-state index is 11.5. The Labute approximate surface area is 136 Å². The van der Waals surface area contributed by atoms with Gasteiger partial charge < -0.3 is 20.1 Å². The third-order valence-corrected chi connectivity index (χ3v) is 3.67.